The minimum absolute atomic E-state index is 0.0976. The maximum absolute atomic E-state index is 10.3. The van der Waals surface area contributed by atoms with Gasteiger partial charge in [-0.05, 0) is 0 Å². The van der Waals surface area contributed by atoms with Crippen LogP contribution in [0, 0.1) is 0 Å². The van der Waals surface area contributed by atoms with Crippen molar-refractivity contribution >= 4 is 18.5 Å². The number of rotatable bonds is 3. The molecule has 0 rings (SSSR count). The normalized spacial score (nSPS) is 8.75. The zero-order chi connectivity index (χ0) is 6.41. The Bertz CT molecular complexity index is 68.4. The average Bonchev–Trinajstić information content (AvgIpc) is 1.68. The summed E-state index contributed by atoms with van der Waals surface area (Å²) in [5.41, 5.74) is 0. The Morgan fingerprint density at radius 2 is 2.38 bits per heavy atom. The van der Waals surface area contributed by atoms with Gasteiger partial charge in [-0.2, -0.15) is 12.6 Å². The highest BCUT2D eigenvalue weighted by Crippen LogP contribution is 1.75. The van der Waals surface area contributed by atoms with E-state index in [9.17, 15) is 4.79 Å². The molecule has 0 unspecified atom stereocenters. The fourth-order valence-corrected chi connectivity index (χ4v) is 0.454. The van der Waals surface area contributed by atoms with Crippen molar-refractivity contribution in [3.63, 3.8) is 0 Å². The van der Waals surface area contributed by atoms with Crippen molar-refractivity contribution in [3.8, 4) is 0 Å². The third-order valence-electron chi connectivity index (χ3n) is 0.615. The van der Waals surface area contributed by atoms with E-state index >= 15 is 0 Å². The Labute approximate surface area is 53.5 Å². The lowest BCUT2D eigenvalue weighted by Gasteiger charge is -1.95. The topological polar surface area (TPSA) is 49.3 Å². The van der Waals surface area contributed by atoms with Gasteiger partial charge in [0.1, 0.15) is 0 Å². The molecule has 0 aliphatic heterocycles. The number of hydrogen-bond donors (Lipinski definition) is 3. The molecule has 0 aromatic heterocycles. The van der Waals surface area contributed by atoms with Crippen molar-refractivity contribution in [2.45, 2.75) is 6.42 Å². The monoisotopic (exact) mass is 135 g/mol. The van der Waals surface area contributed by atoms with Crippen molar-refractivity contribution < 1.29 is 9.90 Å². The first-order valence-corrected chi connectivity index (χ1v) is 2.93. The quantitative estimate of drug-likeness (QED) is 0.356. The Morgan fingerprint density at radius 1 is 1.75 bits per heavy atom. The van der Waals surface area contributed by atoms with Gasteiger partial charge in [0.15, 0.2) is 0 Å². The van der Waals surface area contributed by atoms with E-state index in [0.717, 1.165) is 0 Å². The predicted molar refractivity (Wildman–Crippen MR) is 33.7 cm³/mol. The van der Waals surface area contributed by atoms with Crippen LogP contribution < -0.4 is 5.32 Å². The summed E-state index contributed by atoms with van der Waals surface area (Å²) in [4.78, 5) is 10.3. The molecule has 8 heavy (non-hydrogen) atoms. The van der Waals surface area contributed by atoms with Crippen LogP contribution in [0.3, 0.4) is 0 Å². The van der Waals surface area contributed by atoms with Crippen LogP contribution in [0.25, 0.3) is 0 Å². The van der Waals surface area contributed by atoms with Gasteiger partial charge in [-0.15, -0.1) is 0 Å². The molecule has 0 spiro atoms. The fraction of sp³-hybridized carbons (Fsp3) is 0.750. The number of aliphatic hydroxyl groups is 1. The second kappa shape index (κ2) is 4.93. The maximum atomic E-state index is 10.3. The lowest BCUT2D eigenvalue weighted by atomic mass is 10.4. The fourth-order valence-electron chi connectivity index (χ4n) is 0.278. The summed E-state index contributed by atoms with van der Waals surface area (Å²) in [7, 11) is 0. The molecule has 4 heteroatoms. The Kier molecular flexibility index (Phi) is 4.79. The molecule has 3 nitrogen and oxygen atoms in total. The predicted octanol–water partition coefficient (Wildman–Crippen LogP) is -0.628. The van der Waals surface area contributed by atoms with Gasteiger partial charge in [-0.25, -0.2) is 0 Å². The van der Waals surface area contributed by atoms with Crippen LogP contribution in [-0.2, 0) is 4.79 Å². The first-order chi connectivity index (χ1) is 3.81. The Balaban J connectivity index is 3.06. The molecule has 0 saturated carbocycles. The molecule has 0 aliphatic carbocycles. The highest BCUT2D eigenvalue weighted by molar-refractivity contribution is 7.80. The molecular weight excluding hydrogens is 126 g/mol. The number of nitrogens with one attached hydrogen (secondary N) is 1. The third kappa shape index (κ3) is 3.95. The van der Waals surface area contributed by atoms with Crippen molar-refractivity contribution in [1.82, 2.24) is 5.32 Å². The van der Waals surface area contributed by atoms with Gasteiger partial charge < -0.3 is 10.4 Å². The Morgan fingerprint density at radius 3 is 2.75 bits per heavy atom. The third-order valence-corrected chi connectivity index (χ3v) is 0.773. The van der Waals surface area contributed by atoms with Gasteiger partial charge in [-0.1, -0.05) is 0 Å². The SMILES string of the molecule is O=C(CCO)NCS. The van der Waals surface area contributed by atoms with Gasteiger partial charge in [0.05, 0.1) is 12.5 Å². The van der Waals surface area contributed by atoms with E-state index in [2.05, 4.69) is 17.9 Å². The van der Waals surface area contributed by atoms with Crippen molar-refractivity contribution in [3.05, 3.63) is 0 Å². The minimum Gasteiger partial charge on any atom is -0.396 e. The maximum Gasteiger partial charge on any atom is 0.222 e. The lowest BCUT2D eigenvalue weighted by Crippen LogP contribution is -2.22. The number of hydrogen-bond acceptors (Lipinski definition) is 3. The lowest BCUT2D eigenvalue weighted by molar-refractivity contribution is -0.121. The van der Waals surface area contributed by atoms with Gasteiger partial charge in [0.25, 0.3) is 0 Å². The van der Waals surface area contributed by atoms with Crippen LogP contribution >= 0.6 is 12.6 Å². The van der Waals surface area contributed by atoms with Crippen LogP contribution in [0.2, 0.25) is 0 Å². The van der Waals surface area contributed by atoms with Crippen LogP contribution in [0.15, 0.2) is 0 Å². The number of thiol groups is 1. The van der Waals surface area contributed by atoms with E-state index in [0.29, 0.717) is 5.88 Å². The molecule has 0 aliphatic rings. The smallest absolute Gasteiger partial charge is 0.222 e. The van der Waals surface area contributed by atoms with Gasteiger partial charge in [0.2, 0.25) is 5.91 Å². The number of carbonyl (C=O) groups excluding carboxylic acids is 1. The summed E-state index contributed by atoms with van der Waals surface area (Å²) in [6.45, 7) is -0.0976. The van der Waals surface area contributed by atoms with Crippen LogP contribution in [-0.4, -0.2) is 23.5 Å². The number of carbonyl (C=O) groups is 1. The highest BCUT2D eigenvalue weighted by atomic mass is 32.1. The molecule has 0 bridgehead atoms. The van der Waals surface area contributed by atoms with E-state index < -0.39 is 0 Å². The first-order valence-electron chi connectivity index (χ1n) is 2.29. The van der Waals surface area contributed by atoms with Gasteiger partial charge >= 0.3 is 0 Å². The molecule has 0 radical (unpaired) electrons. The van der Waals surface area contributed by atoms with Crippen LogP contribution in [0.1, 0.15) is 6.42 Å². The summed E-state index contributed by atoms with van der Waals surface area (Å²) in [5.74, 6) is 0.168. The molecular formula is C4H9NO2S. The molecule has 0 aromatic carbocycles. The zero-order valence-electron chi connectivity index (χ0n) is 4.42. The molecule has 0 saturated heterocycles. The van der Waals surface area contributed by atoms with Crippen LogP contribution in [0.5, 0.6) is 0 Å². The van der Waals surface area contributed by atoms with E-state index in [-0.39, 0.29) is 18.9 Å². The van der Waals surface area contributed by atoms with E-state index in [4.69, 9.17) is 5.11 Å². The van der Waals surface area contributed by atoms with Gasteiger partial charge in [-0.3, -0.25) is 4.79 Å². The summed E-state index contributed by atoms with van der Waals surface area (Å²) in [6, 6.07) is 0. The molecule has 0 aromatic rings. The summed E-state index contributed by atoms with van der Waals surface area (Å²) in [6.07, 6.45) is 0.167. The van der Waals surface area contributed by atoms with Crippen LogP contribution in [0.4, 0.5) is 0 Å². The molecule has 48 valence electrons. The van der Waals surface area contributed by atoms with Gasteiger partial charge in [0, 0.05) is 6.42 Å². The second-order valence-corrected chi connectivity index (χ2v) is 1.55. The van der Waals surface area contributed by atoms with E-state index in [1.807, 2.05) is 0 Å². The zero-order valence-corrected chi connectivity index (χ0v) is 5.32. The number of amides is 1. The Hall–Kier alpha value is -0.220. The molecule has 0 fully saturated rings. The highest BCUT2D eigenvalue weighted by Gasteiger charge is 1.93. The largest absolute Gasteiger partial charge is 0.396 e. The standard InChI is InChI=1S/C4H9NO2S/c6-2-1-4(7)5-3-8/h6,8H,1-3H2,(H,5,7). The van der Waals surface area contributed by atoms with Crippen molar-refractivity contribution in [1.29, 1.82) is 0 Å². The molecule has 0 heterocycles. The summed E-state index contributed by atoms with van der Waals surface area (Å²) >= 11 is 3.74. The van der Waals surface area contributed by atoms with Crippen molar-refractivity contribution in [2.75, 3.05) is 12.5 Å². The summed E-state index contributed by atoms with van der Waals surface area (Å²) < 4.78 is 0. The van der Waals surface area contributed by atoms with Crippen molar-refractivity contribution in [2.24, 2.45) is 0 Å². The minimum atomic E-state index is -0.164. The summed E-state index contributed by atoms with van der Waals surface area (Å²) in [5, 5.41) is 10.6. The van der Waals surface area contributed by atoms with E-state index in [1.54, 1.807) is 0 Å². The average molecular weight is 135 g/mol. The first kappa shape index (κ1) is 7.78. The van der Waals surface area contributed by atoms with E-state index in [1.165, 1.54) is 0 Å². The molecule has 0 atom stereocenters. The second-order valence-electron chi connectivity index (χ2n) is 1.23. The molecule has 2 N–H and O–H groups in total. The molecule has 1 amide bonds. The number of aliphatic hydroxyl groups excluding tert-OH is 1.